The summed E-state index contributed by atoms with van der Waals surface area (Å²) in [4.78, 5) is 33.3. The third kappa shape index (κ3) is 2.25. The van der Waals surface area contributed by atoms with Crippen LogP contribution in [-0.2, 0) is 13.6 Å². The molecule has 4 rings (SSSR count). The largest absolute Gasteiger partial charge is 0.495 e. The Kier molecular flexibility index (Phi) is 3.41. The summed E-state index contributed by atoms with van der Waals surface area (Å²) in [6.45, 7) is 3.53. The van der Waals surface area contributed by atoms with Crippen molar-refractivity contribution in [3.8, 4) is 5.75 Å². The molecule has 8 heteroatoms. The number of nitrogens with zero attached hydrogens (tertiary/aromatic N) is 4. The Morgan fingerprint density at radius 2 is 2.00 bits per heavy atom. The van der Waals surface area contributed by atoms with Crippen LogP contribution in [0.5, 0.6) is 5.75 Å². The Morgan fingerprint density at radius 3 is 2.76 bits per heavy atom. The number of methoxy groups -OCH3 is 1. The molecule has 0 bridgehead atoms. The number of H-pyrrole nitrogens is 1. The molecule has 25 heavy (non-hydrogen) atoms. The number of imidazole rings is 1. The molecule has 3 aromatic rings. The van der Waals surface area contributed by atoms with Crippen LogP contribution in [-0.4, -0.2) is 32.8 Å². The Labute approximate surface area is 143 Å². The first kappa shape index (κ1) is 15.5. The van der Waals surface area contributed by atoms with Crippen molar-refractivity contribution in [1.82, 2.24) is 19.1 Å². The predicted octanol–water partition coefficient (Wildman–Crippen LogP) is 1.22. The molecule has 0 amide bonds. The Morgan fingerprint density at radius 1 is 1.24 bits per heavy atom. The van der Waals surface area contributed by atoms with Gasteiger partial charge in [-0.1, -0.05) is 19.1 Å². The number of fused-ring (bicyclic) bond motifs is 3. The molecule has 1 N–H and O–H groups in total. The molecule has 0 radical (unpaired) electrons. The number of aromatic nitrogens is 4. The summed E-state index contributed by atoms with van der Waals surface area (Å²) in [5.74, 6) is 1.67. The quantitative estimate of drug-likeness (QED) is 0.757. The number of hydrogen-bond donors (Lipinski definition) is 1. The molecule has 1 aliphatic rings. The van der Waals surface area contributed by atoms with E-state index in [1.54, 1.807) is 14.2 Å². The molecule has 0 saturated heterocycles. The van der Waals surface area contributed by atoms with Gasteiger partial charge in [-0.15, -0.1) is 0 Å². The summed E-state index contributed by atoms with van der Waals surface area (Å²) in [6.07, 6.45) is 0. The van der Waals surface area contributed by atoms with E-state index in [1.807, 2.05) is 33.7 Å². The van der Waals surface area contributed by atoms with Crippen LogP contribution in [0.15, 0.2) is 33.9 Å². The highest BCUT2D eigenvalue weighted by molar-refractivity contribution is 5.78. The van der Waals surface area contributed by atoms with Gasteiger partial charge < -0.3 is 14.2 Å². The number of para-hydroxylation sites is 2. The predicted molar refractivity (Wildman–Crippen MR) is 94.8 cm³/mol. The van der Waals surface area contributed by atoms with Crippen molar-refractivity contribution >= 4 is 22.8 Å². The topological polar surface area (TPSA) is 85.2 Å². The summed E-state index contributed by atoms with van der Waals surface area (Å²) < 4.78 is 8.74. The van der Waals surface area contributed by atoms with Crippen LogP contribution in [0.3, 0.4) is 0 Å². The fourth-order valence-corrected chi connectivity index (χ4v) is 3.42. The molecule has 1 atom stereocenters. The first-order valence-corrected chi connectivity index (χ1v) is 8.11. The average molecular weight is 341 g/mol. The lowest BCUT2D eigenvalue weighted by atomic mass is 10.1. The zero-order valence-electron chi connectivity index (χ0n) is 14.3. The SMILES string of the molecule is COc1ccccc1N1CC(C)Cn2c1nc1c2c(=O)[nH]c(=O)n1C. The summed E-state index contributed by atoms with van der Waals surface area (Å²) in [7, 11) is 3.24. The maximum atomic E-state index is 12.4. The van der Waals surface area contributed by atoms with E-state index in [4.69, 9.17) is 4.74 Å². The van der Waals surface area contributed by atoms with Gasteiger partial charge in [0.2, 0.25) is 5.95 Å². The number of aryl methyl sites for hydroxylation is 1. The monoisotopic (exact) mass is 341 g/mol. The van der Waals surface area contributed by atoms with Crippen molar-refractivity contribution in [3.05, 3.63) is 45.1 Å². The van der Waals surface area contributed by atoms with Gasteiger partial charge in [0.1, 0.15) is 5.75 Å². The lowest BCUT2D eigenvalue weighted by molar-refractivity contribution is 0.410. The number of aromatic amines is 1. The van der Waals surface area contributed by atoms with Crippen LogP contribution in [0.25, 0.3) is 11.2 Å². The summed E-state index contributed by atoms with van der Waals surface area (Å²) in [5.41, 5.74) is 0.812. The third-order valence-corrected chi connectivity index (χ3v) is 4.59. The molecule has 0 aliphatic carbocycles. The summed E-state index contributed by atoms with van der Waals surface area (Å²) in [6, 6.07) is 7.70. The van der Waals surface area contributed by atoms with Crippen molar-refractivity contribution in [2.75, 3.05) is 18.6 Å². The molecule has 8 nitrogen and oxygen atoms in total. The normalized spacial score (nSPS) is 16.9. The first-order valence-electron chi connectivity index (χ1n) is 8.11. The van der Waals surface area contributed by atoms with Gasteiger partial charge in [-0.25, -0.2) is 4.79 Å². The van der Waals surface area contributed by atoms with Crippen molar-refractivity contribution in [2.45, 2.75) is 13.5 Å². The van der Waals surface area contributed by atoms with Gasteiger partial charge in [0.15, 0.2) is 11.2 Å². The van der Waals surface area contributed by atoms with E-state index in [2.05, 4.69) is 16.9 Å². The second-order valence-corrected chi connectivity index (χ2v) is 6.40. The Hall–Kier alpha value is -3.03. The van der Waals surface area contributed by atoms with Crippen LogP contribution < -0.4 is 20.9 Å². The lowest BCUT2D eigenvalue weighted by Crippen LogP contribution is -2.35. The number of ether oxygens (including phenoxy) is 1. The molecule has 0 saturated carbocycles. The molecule has 3 heterocycles. The highest BCUT2D eigenvalue weighted by Crippen LogP contribution is 2.37. The molecular weight excluding hydrogens is 322 g/mol. The van der Waals surface area contributed by atoms with Gasteiger partial charge in [0, 0.05) is 20.1 Å². The van der Waals surface area contributed by atoms with E-state index in [0.29, 0.717) is 29.6 Å². The van der Waals surface area contributed by atoms with Crippen LogP contribution in [0.2, 0.25) is 0 Å². The number of rotatable bonds is 2. The smallest absolute Gasteiger partial charge is 0.329 e. The van der Waals surface area contributed by atoms with E-state index in [-0.39, 0.29) is 0 Å². The molecule has 1 aromatic carbocycles. The van der Waals surface area contributed by atoms with E-state index >= 15 is 0 Å². The van der Waals surface area contributed by atoms with Gasteiger partial charge in [-0.2, -0.15) is 4.98 Å². The Bertz CT molecular complexity index is 1080. The fourth-order valence-electron chi connectivity index (χ4n) is 3.42. The number of anilines is 2. The second-order valence-electron chi connectivity index (χ2n) is 6.40. The molecule has 1 unspecified atom stereocenters. The van der Waals surface area contributed by atoms with Crippen molar-refractivity contribution in [2.24, 2.45) is 13.0 Å². The molecule has 130 valence electrons. The first-order chi connectivity index (χ1) is 12.0. The maximum absolute atomic E-state index is 12.4. The maximum Gasteiger partial charge on any atom is 0.329 e. The fraction of sp³-hybridized carbons (Fsp3) is 0.353. The molecule has 0 fully saturated rings. The minimum absolute atomic E-state index is 0.298. The summed E-state index contributed by atoms with van der Waals surface area (Å²) in [5, 5.41) is 0. The van der Waals surface area contributed by atoms with Crippen LogP contribution >= 0.6 is 0 Å². The molecule has 0 spiro atoms. The molecular formula is C17H19N5O3. The van der Waals surface area contributed by atoms with Gasteiger partial charge in [-0.05, 0) is 18.1 Å². The zero-order chi connectivity index (χ0) is 17.7. The van der Waals surface area contributed by atoms with E-state index < -0.39 is 11.2 Å². The van der Waals surface area contributed by atoms with Crippen molar-refractivity contribution in [1.29, 1.82) is 0 Å². The van der Waals surface area contributed by atoms with Gasteiger partial charge in [0.25, 0.3) is 5.56 Å². The molecule has 2 aromatic heterocycles. The van der Waals surface area contributed by atoms with E-state index in [9.17, 15) is 9.59 Å². The number of nitrogens with one attached hydrogen (secondary N) is 1. The average Bonchev–Trinajstić information content (AvgIpc) is 2.99. The van der Waals surface area contributed by atoms with Crippen LogP contribution in [0, 0.1) is 5.92 Å². The van der Waals surface area contributed by atoms with Gasteiger partial charge in [0.05, 0.1) is 12.8 Å². The second kappa shape index (κ2) is 5.51. The lowest BCUT2D eigenvalue weighted by Gasteiger charge is -2.33. The Balaban J connectivity index is 2.03. The van der Waals surface area contributed by atoms with Gasteiger partial charge in [-0.3, -0.25) is 14.3 Å². The number of benzene rings is 1. The highest BCUT2D eigenvalue weighted by atomic mass is 16.5. The standard InChI is InChI=1S/C17H19N5O3/c1-10-8-21(11-6-4-5-7-12(11)25-3)16-18-14-13(22(16)9-10)15(23)19-17(24)20(14)2/h4-7,10H,8-9H2,1-3H3,(H,19,23,24). The van der Waals surface area contributed by atoms with E-state index in [1.165, 1.54) is 4.57 Å². The van der Waals surface area contributed by atoms with Crippen molar-refractivity contribution in [3.63, 3.8) is 0 Å². The van der Waals surface area contributed by atoms with Crippen LogP contribution in [0.4, 0.5) is 11.6 Å². The van der Waals surface area contributed by atoms with Crippen LogP contribution in [0.1, 0.15) is 6.92 Å². The zero-order valence-corrected chi connectivity index (χ0v) is 14.3. The molecule has 1 aliphatic heterocycles. The minimum Gasteiger partial charge on any atom is -0.495 e. The third-order valence-electron chi connectivity index (χ3n) is 4.59. The highest BCUT2D eigenvalue weighted by Gasteiger charge is 2.30. The van der Waals surface area contributed by atoms with Gasteiger partial charge >= 0.3 is 5.69 Å². The summed E-state index contributed by atoms with van der Waals surface area (Å²) >= 11 is 0. The van der Waals surface area contributed by atoms with Crippen molar-refractivity contribution < 1.29 is 4.74 Å². The van der Waals surface area contributed by atoms with E-state index in [0.717, 1.165) is 18.0 Å². The minimum atomic E-state index is -0.468. The number of hydrogen-bond acceptors (Lipinski definition) is 5.